The van der Waals surface area contributed by atoms with E-state index < -0.39 is 55.8 Å². The average molecular weight is 545 g/mol. The molecule has 1 aromatic heterocycles. The summed E-state index contributed by atoms with van der Waals surface area (Å²) in [6.07, 6.45) is -3.27. The number of alkyl halides is 3. The van der Waals surface area contributed by atoms with Crippen LogP contribution in [0.2, 0.25) is 0 Å². The predicted molar refractivity (Wildman–Crippen MR) is 126 cm³/mol. The van der Waals surface area contributed by atoms with Gasteiger partial charge in [0.2, 0.25) is 0 Å². The summed E-state index contributed by atoms with van der Waals surface area (Å²) in [4.78, 5) is 20.6. The lowest BCUT2D eigenvalue weighted by Crippen LogP contribution is -2.55. The van der Waals surface area contributed by atoms with E-state index in [1.807, 2.05) is 0 Å². The van der Waals surface area contributed by atoms with E-state index in [4.69, 9.17) is 5.73 Å². The zero-order chi connectivity index (χ0) is 27.4. The number of amidine groups is 1. The Hall–Kier alpha value is -3.42. The summed E-state index contributed by atoms with van der Waals surface area (Å²) in [6.45, 7) is 3.22. The summed E-state index contributed by atoms with van der Waals surface area (Å²) in [5, 5.41) is 1.67. The zero-order valence-corrected chi connectivity index (χ0v) is 20.8. The summed E-state index contributed by atoms with van der Waals surface area (Å²) in [5.74, 6) is -2.77. The summed E-state index contributed by atoms with van der Waals surface area (Å²) in [5.41, 5.74) is 3.73. The number of hydrogen-bond acceptors (Lipinski definition) is 8. The molecule has 3 heterocycles. The van der Waals surface area contributed by atoms with E-state index in [1.165, 1.54) is 26.8 Å². The maximum absolute atomic E-state index is 14.9. The van der Waals surface area contributed by atoms with Crippen molar-refractivity contribution < 1.29 is 40.2 Å². The van der Waals surface area contributed by atoms with Crippen molar-refractivity contribution >= 4 is 27.3 Å². The molecule has 4 rings (SSSR count). The molecule has 0 spiro atoms. The molecule has 0 bridgehead atoms. The largest absolute Gasteiger partial charge is 0.586 e. The Morgan fingerprint density at radius 2 is 1.86 bits per heavy atom. The number of halogens is 4. The van der Waals surface area contributed by atoms with Crippen molar-refractivity contribution in [1.82, 2.24) is 4.98 Å². The van der Waals surface area contributed by atoms with E-state index in [9.17, 15) is 30.8 Å². The van der Waals surface area contributed by atoms with Gasteiger partial charge in [-0.3, -0.25) is 9.79 Å². The molecule has 2 atom stereocenters. The van der Waals surface area contributed by atoms with E-state index in [-0.39, 0.29) is 41.4 Å². The highest BCUT2D eigenvalue weighted by Gasteiger charge is 2.51. The number of nitrogens with one attached hydrogen (secondary N) is 1. The van der Waals surface area contributed by atoms with Crippen molar-refractivity contribution in [2.45, 2.75) is 55.4 Å². The molecule has 2 aromatic rings. The van der Waals surface area contributed by atoms with Crippen LogP contribution in [0.15, 0.2) is 35.5 Å². The second-order valence-electron chi connectivity index (χ2n) is 9.32. The third kappa shape index (κ3) is 4.47. The Kier molecular flexibility index (Phi) is 6.37. The van der Waals surface area contributed by atoms with Gasteiger partial charge >= 0.3 is 6.29 Å². The van der Waals surface area contributed by atoms with Crippen LogP contribution in [0, 0.1) is 5.82 Å². The molecule has 0 fully saturated rings. The van der Waals surface area contributed by atoms with Gasteiger partial charge in [-0.15, -0.1) is 8.78 Å². The number of aromatic nitrogens is 1. The molecule has 2 aliphatic rings. The van der Waals surface area contributed by atoms with Gasteiger partial charge in [0.1, 0.15) is 34.3 Å². The lowest BCUT2D eigenvalue weighted by molar-refractivity contribution is -0.286. The standard InChI is InChI=1S/C23H24F4N4O5S/c1-12(2)37(33,34)21(3)6-7-22(11-24,31-20(21)28)14-8-13(4-5-15(14)25)30-19(32)16-9-17-18(10-29-16)36-23(26,27)35-17/h4-5,8-10,12H,6-7,11H2,1-3H3,(H2,28,31)(H,30,32)/t21-,22-/m1/s1. The third-order valence-corrected chi connectivity index (χ3v) is 9.52. The fraction of sp³-hybridized carbons (Fsp3) is 0.435. The molecule has 0 saturated carbocycles. The highest BCUT2D eigenvalue weighted by atomic mass is 32.2. The molecule has 0 saturated heterocycles. The number of hydrogen-bond donors (Lipinski definition) is 2. The Bertz CT molecular complexity index is 1400. The molecule has 2 aliphatic heterocycles. The number of carbonyl (C=O) groups excluding carboxylic acids is 1. The van der Waals surface area contributed by atoms with Crippen molar-refractivity contribution in [2.75, 3.05) is 12.0 Å². The average Bonchev–Trinajstić information content (AvgIpc) is 3.14. The molecule has 37 heavy (non-hydrogen) atoms. The highest BCUT2D eigenvalue weighted by Crippen LogP contribution is 2.44. The van der Waals surface area contributed by atoms with Crippen LogP contribution < -0.4 is 20.5 Å². The summed E-state index contributed by atoms with van der Waals surface area (Å²) >= 11 is 0. The van der Waals surface area contributed by atoms with Gasteiger partial charge in [-0.1, -0.05) is 0 Å². The van der Waals surface area contributed by atoms with Crippen molar-refractivity contribution in [2.24, 2.45) is 10.7 Å². The minimum Gasteiger partial charge on any atom is -0.395 e. The monoisotopic (exact) mass is 544 g/mol. The second-order valence-corrected chi connectivity index (χ2v) is 12.3. The minimum atomic E-state index is -3.89. The molecule has 14 heteroatoms. The number of nitrogens with two attached hydrogens (primary N) is 1. The van der Waals surface area contributed by atoms with E-state index in [0.717, 1.165) is 24.4 Å². The van der Waals surface area contributed by atoms with Crippen LogP contribution in [0.5, 0.6) is 11.5 Å². The number of rotatable bonds is 6. The number of benzene rings is 1. The van der Waals surface area contributed by atoms with Gasteiger partial charge in [0, 0.05) is 17.3 Å². The SMILES string of the molecule is CC(C)S(=O)(=O)[C@]1(C)CC[C@@](CF)(c2cc(NC(=O)c3cc4c(cn3)OC(F)(F)O4)ccc2F)N=C1N. The molecule has 200 valence electrons. The van der Waals surface area contributed by atoms with Crippen LogP contribution in [-0.4, -0.2) is 48.1 Å². The molecule has 9 nitrogen and oxygen atoms in total. The molecule has 1 aromatic carbocycles. The van der Waals surface area contributed by atoms with E-state index >= 15 is 0 Å². The van der Waals surface area contributed by atoms with Crippen LogP contribution in [0.1, 0.15) is 49.7 Å². The second kappa shape index (κ2) is 8.85. The topological polar surface area (TPSA) is 133 Å². The maximum atomic E-state index is 14.9. The smallest absolute Gasteiger partial charge is 0.395 e. The lowest BCUT2D eigenvalue weighted by Gasteiger charge is -2.41. The zero-order valence-electron chi connectivity index (χ0n) is 20.0. The molecular weight excluding hydrogens is 520 g/mol. The fourth-order valence-corrected chi connectivity index (χ4v) is 6.05. The number of sulfone groups is 1. The van der Waals surface area contributed by atoms with E-state index in [0.29, 0.717) is 0 Å². The minimum absolute atomic E-state index is 0.0240. The van der Waals surface area contributed by atoms with Crippen molar-refractivity contribution in [3.63, 3.8) is 0 Å². The molecule has 3 N–H and O–H groups in total. The van der Waals surface area contributed by atoms with Crippen LogP contribution in [0.25, 0.3) is 0 Å². The first-order chi connectivity index (χ1) is 17.1. The van der Waals surface area contributed by atoms with Crippen LogP contribution in [0.4, 0.5) is 23.2 Å². The van der Waals surface area contributed by atoms with Crippen molar-refractivity contribution in [3.05, 3.63) is 47.5 Å². The van der Waals surface area contributed by atoms with Gasteiger partial charge in [-0.05, 0) is 51.8 Å². The van der Waals surface area contributed by atoms with Crippen LogP contribution >= 0.6 is 0 Å². The van der Waals surface area contributed by atoms with Gasteiger partial charge in [-0.25, -0.2) is 22.2 Å². The Morgan fingerprint density at radius 3 is 2.49 bits per heavy atom. The Morgan fingerprint density at radius 1 is 1.19 bits per heavy atom. The number of carbonyl (C=O) groups is 1. The number of aliphatic imine (C=N–C) groups is 1. The highest BCUT2D eigenvalue weighted by molar-refractivity contribution is 7.94. The van der Waals surface area contributed by atoms with Gasteiger partial charge in [0.15, 0.2) is 21.3 Å². The molecule has 1 amide bonds. The van der Waals surface area contributed by atoms with Gasteiger partial charge < -0.3 is 20.5 Å². The number of ether oxygens (including phenoxy) is 2. The maximum Gasteiger partial charge on any atom is 0.586 e. The van der Waals surface area contributed by atoms with Gasteiger partial charge in [0.25, 0.3) is 5.91 Å². The van der Waals surface area contributed by atoms with Crippen LogP contribution in [0.3, 0.4) is 0 Å². The predicted octanol–water partition coefficient (Wildman–Crippen LogP) is 3.69. The fourth-order valence-electron chi connectivity index (χ4n) is 4.29. The number of amides is 1. The molecule has 0 unspecified atom stereocenters. The Balaban J connectivity index is 1.65. The normalized spacial score (nSPS) is 24.6. The van der Waals surface area contributed by atoms with Gasteiger partial charge in [-0.2, -0.15) is 0 Å². The van der Waals surface area contributed by atoms with Crippen LogP contribution in [-0.2, 0) is 15.4 Å². The first kappa shape index (κ1) is 26.6. The number of anilines is 1. The van der Waals surface area contributed by atoms with E-state index in [2.05, 4.69) is 24.8 Å². The summed E-state index contributed by atoms with van der Waals surface area (Å²) < 4.78 is 88.6. The molecule has 0 aliphatic carbocycles. The lowest BCUT2D eigenvalue weighted by atomic mass is 9.80. The van der Waals surface area contributed by atoms with Crippen molar-refractivity contribution in [3.8, 4) is 11.5 Å². The quantitative estimate of drug-likeness (QED) is 0.530. The first-order valence-corrected chi connectivity index (χ1v) is 12.7. The molecule has 0 radical (unpaired) electrons. The number of nitrogens with zero attached hydrogens (tertiary/aromatic N) is 2. The number of fused-ring (bicyclic) bond motifs is 1. The third-order valence-electron chi connectivity index (χ3n) is 6.61. The van der Waals surface area contributed by atoms with Gasteiger partial charge in [0.05, 0.1) is 11.4 Å². The van der Waals surface area contributed by atoms with E-state index in [1.54, 1.807) is 0 Å². The summed E-state index contributed by atoms with van der Waals surface area (Å²) in [7, 11) is -3.77. The first-order valence-electron chi connectivity index (χ1n) is 11.2. The number of pyridine rings is 1. The summed E-state index contributed by atoms with van der Waals surface area (Å²) in [6, 6.07) is 4.29. The van der Waals surface area contributed by atoms with Crippen molar-refractivity contribution in [1.29, 1.82) is 0 Å². The Labute approximate surface area is 210 Å². The molecular formula is C23H24F4N4O5S.